The molecule has 1 aliphatic rings. The number of benzene rings is 2. The van der Waals surface area contributed by atoms with Gasteiger partial charge in [-0.25, -0.2) is 0 Å². The largest absolute Gasteiger partial charge is 0.507 e. The third kappa shape index (κ3) is 3.25. The summed E-state index contributed by atoms with van der Waals surface area (Å²) in [5, 5.41) is 20.0. The smallest absolute Gasteiger partial charge is 0.154 e. The third-order valence-corrected chi connectivity index (χ3v) is 5.97. The maximum Gasteiger partial charge on any atom is 0.154 e. The highest BCUT2D eigenvalue weighted by Crippen LogP contribution is 2.52. The number of carbonyl (C=O) groups excluding carboxylic acids is 2. The summed E-state index contributed by atoms with van der Waals surface area (Å²) in [6.07, 6.45) is 3.05. The van der Waals surface area contributed by atoms with Gasteiger partial charge in [0, 0.05) is 0 Å². The lowest BCUT2D eigenvalue weighted by Gasteiger charge is -2.30. The van der Waals surface area contributed by atoms with E-state index in [1.807, 2.05) is 12.1 Å². The molecule has 27 heavy (non-hydrogen) atoms. The van der Waals surface area contributed by atoms with Gasteiger partial charge in [-0.1, -0.05) is 39.8 Å². The van der Waals surface area contributed by atoms with E-state index in [1.54, 1.807) is 18.2 Å². The fourth-order valence-electron chi connectivity index (χ4n) is 4.58. The number of phenols is 2. The minimum Gasteiger partial charge on any atom is -0.507 e. The van der Waals surface area contributed by atoms with Crippen LogP contribution in [0.15, 0.2) is 30.3 Å². The molecule has 0 amide bonds. The number of hydrogen-bond acceptors (Lipinski definition) is 4. The fraction of sp³-hybridized carbons (Fsp3) is 0.391. The first-order valence-electron chi connectivity index (χ1n) is 9.21. The van der Waals surface area contributed by atoms with Crippen LogP contribution in [0, 0.1) is 0 Å². The van der Waals surface area contributed by atoms with Crippen LogP contribution in [0.3, 0.4) is 0 Å². The van der Waals surface area contributed by atoms with Gasteiger partial charge in [0.25, 0.3) is 0 Å². The topological polar surface area (TPSA) is 74.6 Å². The molecule has 1 aliphatic carbocycles. The average molecular weight is 366 g/mol. The first-order valence-corrected chi connectivity index (χ1v) is 9.21. The van der Waals surface area contributed by atoms with Gasteiger partial charge in [-0.2, -0.15) is 0 Å². The molecule has 0 saturated carbocycles. The van der Waals surface area contributed by atoms with Crippen LogP contribution in [0.5, 0.6) is 11.5 Å². The van der Waals surface area contributed by atoms with Gasteiger partial charge in [0.2, 0.25) is 0 Å². The van der Waals surface area contributed by atoms with E-state index in [2.05, 4.69) is 27.7 Å². The number of rotatable bonds is 5. The van der Waals surface area contributed by atoms with Crippen LogP contribution < -0.4 is 0 Å². The van der Waals surface area contributed by atoms with Crippen molar-refractivity contribution < 1.29 is 19.8 Å². The summed E-state index contributed by atoms with van der Waals surface area (Å²) in [4.78, 5) is 22.9. The van der Waals surface area contributed by atoms with Gasteiger partial charge in [-0.3, -0.25) is 9.59 Å². The molecule has 4 nitrogen and oxygen atoms in total. The maximum absolute atomic E-state index is 11.7. The van der Waals surface area contributed by atoms with Gasteiger partial charge in [0.05, 0.1) is 11.1 Å². The fourth-order valence-corrected chi connectivity index (χ4v) is 4.58. The van der Waals surface area contributed by atoms with Crippen molar-refractivity contribution in [3.05, 3.63) is 58.1 Å². The first kappa shape index (κ1) is 19.2. The highest BCUT2D eigenvalue weighted by Gasteiger charge is 2.41. The molecule has 0 bridgehead atoms. The van der Waals surface area contributed by atoms with E-state index in [4.69, 9.17) is 0 Å². The molecule has 0 spiro atoms. The van der Waals surface area contributed by atoms with Gasteiger partial charge in [0.15, 0.2) is 12.6 Å². The van der Waals surface area contributed by atoms with E-state index in [0.29, 0.717) is 11.8 Å². The summed E-state index contributed by atoms with van der Waals surface area (Å²) in [5.74, 6) is 0.118. The van der Waals surface area contributed by atoms with E-state index in [-0.39, 0.29) is 33.8 Å². The second-order valence-electron chi connectivity index (χ2n) is 8.84. The standard InChI is InChI=1S/C23H26O4/c1-22(2,16-5-7-19(26)14(9-16)12-24)10-15-11-23(3,4)18-6-8-20(27)17(13-25)21(15)18/h5-9,12-13,15,26-27H,10-11H2,1-4H3. The Morgan fingerprint density at radius 1 is 1.07 bits per heavy atom. The molecule has 2 aromatic rings. The van der Waals surface area contributed by atoms with Crippen LogP contribution in [0.25, 0.3) is 0 Å². The Hall–Kier alpha value is -2.62. The van der Waals surface area contributed by atoms with Gasteiger partial charge in [-0.05, 0) is 64.5 Å². The summed E-state index contributed by atoms with van der Waals surface area (Å²) < 4.78 is 0. The zero-order valence-electron chi connectivity index (χ0n) is 16.2. The molecule has 3 rings (SSSR count). The lowest BCUT2D eigenvalue weighted by atomic mass is 9.74. The lowest BCUT2D eigenvalue weighted by Crippen LogP contribution is -2.21. The Morgan fingerprint density at radius 2 is 1.74 bits per heavy atom. The monoisotopic (exact) mass is 366 g/mol. The minimum atomic E-state index is -0.278. The molecule has 1 atom stereocenters. The summed E-state index contributed by atoms with van der Waals surface area (Å²) in [7, 11) is 0. The maximum atomic E-state index is 11.7. The van der Waals surface area contributed by atoms with Crippen molar-refractivity contribution in [2.24, 2.45) is 0 Å². The Labute approximate surface area is 159 Å². The molecule has 0 aromatic heterocycles. The van der Waals surface area contributed by atoms with Crippen molar-refractivity contribution in [1.29, 1.82) is 0 Å². The quantitative estimate of drug-likeness (QED) is 0.742. The van der Waals surface area contributed by atoms with Gasteiger partial charge in [0.1, 0.15) is 11.5 Å². The highest BCUT2D eigenvalue weighted by molar-refractivity contribution is 5.83. The van der Waals surface area contributed by atoms with Gasteiger partial charge >= 0.3 is 0 Å². The number of aromatic hydroxyl groups is 2. The molecule has 0 fully saturated rings. The van der Waals surface area contributed by atoms with Crippen molar-refractivity contribution in [1.82, 2.24) is 0 Å². The zero-order chi connectivity index (χ0) is 20.0. The second kappa shape index (κ2) is 6.52. The van der Waals surface area contributed by atoms with Crippen molar-refractivity contribution in [3.63, 3.8) is 0 Å². The number of hydrogen-bond donors (Lipinski definition) is 2. The SMILES string of the molecule is CC(C)(CC1CC(C)(C)c2ccc(O)c(C=O)c21)c1ccc(O)c(C=O)c1. The molecule has 0 heterocycles. The minimum absolute atomic E-state index is 0.0231. The molecule has 4 heteroatoms. The Balaban J connectivity index is 2.03. The molecule has 2 N–H and O–H groups in total. The molecule has 0 aliphatic heterocycles. The van der Waals surface area contributed by atoms with E-state index >= 15 is 0 Å². The van der Waals surface area contributed by atoms with E-state index in [1.165, 1.54) is 0 Å². The molecular formula is C23H26O4. The molecule has 142 valence electrons. The van der Waals surface area contributed by atoms with E-state index < -0.39 is 0 Å². The molecule has 0 saturated heterocycles. The summed E-state index contributed by atoms with van der Waals surface area (Å²) in [5.41, 5.74) is 3.32. The van der Waals surface area contributed by atoms with Crippen LogP contribution in [0.4, 0.5) is 0 Å². The summed E-state index contributed by atoms with van der Waals surface area (Å²) in [6.45, 7) is 8.52. The van der Waals surface area contributed by atoms with Crippen molar-refractivity contribution >= 4 is 12.6 Å². The Bertz CT molecular complexity index is 909. The number of fused-ring (bicyclic) bond motifs is 1. The second-order valence-corrected chi connectivity index (χ2v) is 8.84. The van der Waals surface area contributed by atoms with Crippen molar-refractivity contribution in [2.75, 3.05) is 0 Å². The predicted molar refractivity (Wildman–Crippen MR) is 105 cm³/mol. The first-order chi connectivity index (χ1) is 12.6. The summed E-state index contributed by atoms with van der Waals surface area (Å²) >= 11 is 0. The summed E-state index contributed by atoms with van der Waals surface area (Å²) in [6, 6.07) is 8.65. The van der Waals surface area contributed by atoms with Crippen LogP contribution >= 0.6 is 0 Å². The van der Waals surface area contributed by atoms with Crippen molar-refractivity contribution in [2.45, 2.75) is 57.3 Å². The van der Waals surface area contributed by atoms with Crippen LogP contribution in [-0.4, -0.2) is 22.8 Å². The van der Waals surface area contributed by atoms with Gasteiger partial charge in [-0.15, -0.1) is 0 Å². The molecular weight excluding hydrogens is 340 g/mol. The van der Waals surface area contributed by atoms with Crippen LogP contribution in [0.2, 0.25) is 0 Å². The third-order valence-electron chi connectivity index (χ3n) is 5.97. The zero-order valence-corrected chi connectivity index (χ0v) is 16.2. The highest BCUT2D eigenvalue weighted by atomic mass is 16.3. The molecule has 0 radical (unpaired) electrons. The lowest BCUT2D eigenvalue weighted by molar-refractivity contribution is 0.111. The van der Waals surface area contributed by atoms with E-state index in [9.17, 15) is 19.8 Å². The molecule has 1 unspecified atom stereocenters. The number of aldehydes is 2. The van der Waals surface area contributed by atoms with E-state index in [0.717, 1.165) is 35.8 Å². The Morgan fingerprint density at radius 3 is 2.37 bits per heavy atom. The normalized spacial score (nSPS) is 18.1. The number of carbonyl (C=O) groups is 2. The Kier molecular flexibility index (Phi) is 4.62. The average Bonchev–Trinajstić information content (AvgIpc) is 2.84. The van der Waals surface area contributed by atoms with Crippen LogP contribution in [0.1, 0.15) is 83.9 Å². The molecule has 2 aromatic carbocycles. The van der Waals surface area contributed by atoms with Crippen molar-refractivity contribution in [3.8, 4) is 11.5 Å². The van der Waals surface area contributed by atoms with Crippen LogP contribution in [-0.2, 0) is 10.8 Å². The predicted octanol–water partition coefficient (Wildman–Crippen LogP) is 4.86. The van der Waals surface area contributed by atoms with Gasteiger partial charge < -0.3 is 10.2 Å². The number of phenolic OH excluding ortho intramolecular Hbond substituents is 2.